The largest absolute Gasteiger partial charge is 0.352 e. The predicted octanol–water partition coefficient (Wildman–Crippen LogP) is 4.38. The van der Waals surface area contributed by atoms with Crippen LogP contribution in [0.3, 0.4) is 0 Å². The van der Waals surface area contributed by atoms with Gasteiger partial charge in [-0.05, 0) is 43.2 Å². The van der Waals surface area contributed by atoms with E-state index in [-0.39, 0.29) is 24.9 Å². The van der Waals surface area contributed by atoms with E-state index < -0.39 is 28.5 Å². The van der Waals surface area contributed by atoms with Gasteiger partial charge in [0, 0.05) is 23.5 Å². The van der Waals surface area contributed by atoms with Gasteiger partial charge < -0.3 is 10.2 Å². The number of nitrogens with zero attached hydrogens (tertiary/aromatic N) is 2. The summed E-state index contributed by atoms with van der Waals surface area (Å²) >= 11 is 3.37. The molecule has 3 rings (SSSR count). The van der Waals surface area contributed by atoms with E-state index in [0.29, 0.717) is 10.2 Å². The summed E-state index contributed by atoms with van der Waals surface area (Å²) in [5.74, 6) is -0.773. The highest BCUT2D eigenvalue weighted by Crippen LogP contribution is 2.23. The van der Waals surface area contributed by atoms with Crippen molar-refractivity contribution in [3.8, 4) is 0 Å². The first kappa shape index (κ1) is 28.4. The van der Waals surface area contributed by atoms with Crippen LogP contribution in [0.1, 0.15) is 25.0 Å². The lowest BCUT2D eigenvalue weighted by Gasteiger charge is -2.34. The summed E-state index contributed by atoms with van der Waals surface area (Å²) in [7, 11) is -3.80. The van der Waals surface area contributed by atoms with Crippen molar-refractivity contribution in [3.05, 3.63) is 101 Å². The molecule has 0 saturated heterocycles. The van der Waals surface area contributed by atoms with Crippen LogP contribution in [-0.4, -0.2) is 50.0 Å². The molecule has 9 heteroatoms. The second-order valence-electron chi connectivity index (χ2n) is 9.13. The third-order valence-electron chi connectivity index (χ3n) is 5.67. The fraction of sp³-hybridized carbons (Fsp3) is 0.286. The van der Waals surface area contributed by atoms with Crippen molar-refractivity contribution in [1.82, 2.24) is 10.2 Å². The molecule has 0 bridgehead atoms. The molecule has 0 aliphatic rings. The second-order valence-corrected chi connectivity index (χ2v) is 11.9. The van der Waals surface area contributed by atoms with E-state index in [4.69, 9.17) is 0 Å². The van der Waals surface area contributed by atoms with Gasteiger partial charge in [-0.1, -0.05) is 82.7 Å². The van der Waals surface area contributed by atoms with E-state index >= 15 is 0 Å². The maximum atomic E-state index is 13.9. The molecule has 0 fully saturated rings. The molecule has 1 unspecified atom stereocenters. The lowest BCUT2D eigenvalue weighted by atomic mass is 10.0. The van der Waals surface area contributed by atoms with E-state index in [1.165, 1.54) is 4.90 Å². The van der Waals surface area contributed by atoms with Crippen LogP contribution in [0.25, 0.3) is 0 Å². The molecule has 0 saturated carbocycles. The molecular weight excluding hydrogens is 554 g/mol. The standard InChI is InChI=1S/C28H32BrN3O4S/c1-21(2)30-28(34)26(17-22-11-6-4-7-12-22)31(19-23-13-8-5-9-14-23)27(33)20-32(37(3,35)36)25-16-10-15-24(29)18-25/h4-16,18,21,26H,17,19-20H2,1-3H3,(H,30,34). The molecule has 3 aromatic rings. The number of nitrogens with one attached hydrogen (secondary N) is 1. The molecule has 0 aliphatic heterocycles. The van der Waals surface area contributed by atoms with Crippen molar-refractivity contribution >= 4 is 43.5 Å². The zero-order chi connectivity index (χ0) is 27.0. The zero-order valence-corrected chi connectivity index (χ0v) is 23.6. The number of sulfonamides is 1. The van der Waals surface area contributed by atoms with E-state index in [1.807, 2.05) is 74.5 Å². The Morgan fingerprint density at radius 2 is 1.49 bits per heavy atom. The number of amides is 2. The number of hydrogen-bond acceptors (Lipinski definition) is 4. The molecule has 0 heterocycles. The fourth-order valence-electron chi connectivity index (χ4n) is 3.96. The van der Waals surface area contributed by atoms with Crippen molar-refractivity contribution in [2.24, 2.45) is 0 Å². The van der Waals surface area contributed by atoms with Crippen LogP contribution in [0.5, 0.6) is 0 Å². The maximum absolute atomic E-state index is 13.9. The minimum Gasteiger partial charge on any atom is -0.352 e. The smallest absolute Gasteiger partial charge is 0.244 e. The van der Waals surface area contributed by atoms with E-state index in [9.17, 15) is 18.0 Å². The minimum atomic E-state index is -3.80. The molecule has 3 aromatic carbocycles. The van der Waals surface area contributed by atoms with Crippen LogP contribution in [0.15, 0.2) is 89.4 Å². The summed E-state index contributed by atoms with van der Waals surface area (Å²) < 4.78 is 27.3. The summed E-state index contributed by atoms with van der Waals surface area (Å²) in [6, 6.07) is 24.6. The lowest BCUT2D eigenvalue weighted by molar-refractivity contribution is -0.140. The van der Waals surface area contributed by atoms with E-state index in [0.717, 1.165) is 21.7 Å². The molecule has 0 aromatic heterocycles. The Hall–Kier alpha value is -3.17. The third-order valence-corrected chi connectivity index (χ3v) is 7.31. The summed E-state index contributed by atoms with van der Waals surface area (Å²) in [4.78, 5) is 28.8. The summed E-state index contributed by atoms with van der Waals surface area (Å²) in [6.45, 7) is 3.43. The molecule has 2 amide bonds. The van der Waals surface area contributed by atoms with Gasteiger partial charge in [-0.25, -0.2) is 8.42 Å². The van der Waals surface area contributed by atoms with Crippen molar-refractivity contribution < 1.29 is 18.0 Å². The van der Waals surface area contributed by atoms with Gasteiger partial charge in [0.2, 0.25) is 21.8 Å². The van der Waals surface area contributed by atoms with Gasteiger partial charge in [0.15, 0.2) is 0 Å². The van der Waals surface area contributed by atoms with Gasteiger partial charge in [-0.3, -0.25) is 13.9 Å². The van der Waals surface area contributed by atoms with E-state index in [2.05, 4.69) is 21.2 Å². The van der Waals surface area contributed by atoms with Crippen LogP contribution in [0.4, 0.5) is 5.69 Å². The van der Waals surface area contributed by atoms with Crippen molar-refractivity contribution in [3.63, 3.8) is 0 Å². The number of hydrogen-bond donors (Lipinski definition) is 1. The number of carbonyl (C=O) groups is 2. The number of benzene rings is 3. The van der Waals surface area contributed by atoms with Crippen molar-refractivity contribution in [2.45, 2.75) is 38.9 Å². The molecule has 7 nitrogen and oxygen atoms in total. The first-order valence-corrected chi connectivity index (χ1v) is 14.6. The molecule has 0 spiro atoms. The molecule has 1 N–H and O–H groups in total. The average molecular weight is 587 g/mol. The zero-order valence-electron chi connectivity index (χ0n) is 21.2. The maximum Gasteiger partial charge on any atom is 0.244 e. The van der Waals surface area contributed by atoms with Gasteiger partial charge in [0.1, 0.15) is 12.6 Å². The van der Waals surface area contributed by atoms with Crippen LogP contribution in [-0.2, 0) is 32.6 Å². The normalized spacial score (nSPS) is 12.1. The van der Waals surface area contributed by atoms with Crippen LogP contribution >= 0.6 is 15.9 Å². The first-order valence-electron chi connectivity index (χ1n) is 12.0. The van der Waals surface area contributed by atoms with Gasteiger partial charge >= 0.3 is 0 Å². The van der Waals surface area contributed by atoms with Crippen LogP contribution in [0, 0.1) is 0 Å². The monoisotopic (exact) mass is 585 g/mol. The second kappa shape index (κ2) is 12.9. The molecule has 1 atom stereocenters. The topological polar surface area (TPSA) is 86.8 Å². The Labute approximate surface area is 227 Å². The first-order chi connectivity index (χ1) is 17.5. The highest BCUT2D eigenvalue weighted by molar-refractivity contribution is 9.10. The molecular formula is C28H32BrN3O4S. The molecule has 196 valence electrons. The number of rotatable bonds is 11. The Balaban J connectivity index is 2.03. The highest BCUT2D eigenvalue weighted by atomic mass is 79.9. The SMILES string of the molecule is CC(C)NC(=O)C(Cc1ccccc1)N(Cc1ccccc1)C(=O)CN(c1cccc(Br)c1)S(C)(=O)=O. The predicted molar refractivity (Wildman–Crippen MR) is 151 cm³/mol. The average Bonchev–Trinajstić information content (AvgIpc) is 2.84. The van der Waals surface area contributed by atoms with Gasteiger partial charge in [-0.2, -0.15) is 0 Å². The Kier molecular flexibility index (Phi) is 9.88. The number of halogens is 1. The lowest BCUT2D eigenvalue weighted by Crippen LogP contribution is -2.54. The molecule has 0 aliphatic carbocycles. The van der Waals surface area contributed by atoms with Crippen LogP contribution in [0.2, 0.25) is 0 Å². The Morgan fingerprint density at radius 1 is 0.892 bits per heavy atom. The Morgan fingerprint density at radius 3 is 2.03 bits per heavy atom. The van der Waals surface area contributed by atoms with Crippen molar-refractivity contribution in [1.29, 1.82) is 0 Å². The summed E-state index contributed by atoms with van der Waals surface area (Å²) in [6.07, 6.45) is 1.35. The van der Waals surface area contributed by atoms with E-state index in [1.54, 1.807) is 24.3 Å². The Bertz CT molecular complexity index is 1300. The van der Waals surface area contributed by atoms with Crippen molar-refractivity contribution in [2.75, 3.05) is 17.1 Å². The third kappa shape index (κ3) is 8.43. The summed E-state index contributed by atoms with van der Waals surface area (Å²) in [5, 5.41) is 2.94. The molecule has 37 heavy (non-hydrogen) atoms. The summed E-state index contributed by atoms with van der Waals surface area (Å²) in [5.41, 5.74) is 2.08. The number of carbonyl (C=O) groups excluding carboxylic acids is 2. The van der Waals surface area contributed by atoms with Gasteiger partial charge in [0.25, 0.3) is 0 Å². The van der Waals surface area contributed by atoms with Gasteiger partial charge in [0.05, 0.1) is 11.9 Å². The highest BCUT2D eigenvalue weighted by Gasteiger charge is 2.33. The van der Waals surface area contributed by atoms with Gasteiger partial charge in [-0.15, -0.1) is 0 Å². The fourth-order valence-corrected chi connectivity index (χ4v) is 5.19. The minimum absolute atomic E-state index is 0.131. The van der Waals surface area contributed by atoms with Crippen LogP contribution < -0.4 is 9.62 Å². The molecule has 0 radical (unpaired) electrons. The quantitative estimate of drug-likeness (QED) is 0.362. The number of anilines is 1.